The number of hydrogen-bond donors (Lipinski definition) is 1. The SMILES string of the molecule is CC(C)C(O)CCc1cc(Br)cs1. The van der Waals surface area contributed by atoms with Crippen molar-refractivity contribution in [1.82, 2.24) is 0 Å². The van der Waals surface area contributed by atoms with Gasteiger partial charge in [0.2, 0.25) is 0 Å². The summed E-state index contributed by atoms with van der Waals surface area (Å²) in [5.74, 6) is 0.364. The van der Waals surface area contributed by atoms with Gasteiger partial charge in [-0.05, 0) is 40.8 Å². The molecule has 1 aromatic rings. The molecule has 1 atom stereocenters. The van der Waals surface area contributed by atoms with Gasteiger partial charge in [0.05, 0.1) is 6.10 Å². The van der Waals surface area contributed by atoms with Crippen molar-refractivity contribution in [2.45, 2.75) is 32.8 Å². The molecule has 1 heterocycles. The molecule has 0 aromatic carbocycles. The molecule has 0 aliphatic carbocycles. The molecule has 1 rings (SSSR count). The molecule has 1 N–H and O–H groups in total. The molecule has 0 saturated heterocycles. The Kier molecular flexibility index (Phi) is 4.42. The number of aryl methyl sites for hydroxylation is 1. The molecular weight excluding hydrogens is 248 g/mol. The zero-order valence-electron chi connectivity index (χ0n) is 7.96. The van der Waals surface area contributed by atoms with E-state index < -0.39 is 0 Å². The van der Waals surface area contributed by atoms with E-state index in [-0.39, 0.29) is 6.10 Å². The minimum absolute atomic E-state index is 0.166. The van der Waals surface area contributed by atoms with E-state index in [9.17, 15) is 5.11 Å². The van der Waals surface area contributed by atoms with E-state index in [2.05, 4.69) is 41.2 Å². The standard InChI is InChI=1S/C10H15BrOS/c1-7(2)10(12)4-3-9-5-8(11)6-13-9/h5-7,10,12H,3-4H2,1-2H3. The first kappa shape index (κ1) is 11.2. The minimum Gasteiger partial charge on any atom is -0.393 e. The van der Waals surface area contributed by atoms with Crippen LogP contribution in [0, 0.1) is 5.92 Å². The van der Waals surface area contributed by atoms with Crippen LogP contribution in [-0.2, 0) is 6.42 Å². The van der Waals surface area contributed by atoms with E-state index in [0.717, 1.165) is 17.3 Å². The van der Waals surface area contributed by atoms with Crippen molar-refractivity contribution < 1.29 is 5.11 Å². The third-order valence-corrected chi connectivity index (χ3v) is 3.84. The van der Waals surface area contributed by atoms with Crippen molar-refractivity contribution in [3.8, 4) is 0 Å². The molecule has 13 heavy (non-hydrogen) atoms. The quantitative estimate of drug-likeness (QED) is 0.882. The monoisotopic (exact) mass is 262 g/mol. The molecule has 0 bridgehead atoms. The van der Waals surface area contributed by atoms with Crippen molar-refractivity contribution in [2.75, 3.05) is 0 Å². The fourth-order valence-electron chi connectivity index (χ4n) is 1.11. The van der Waals surface area contributed by atoms with Crippen molar-refractivity contribution in [1.29, 1.82) is 0 Å². The Balaban J connectivity index is 2.35. The van der Waals surface area contributed by atoms with E-state index in [1.54, 1.807) is 11.3 Å². The summed E-state index contributed by atoms with van der Waals surface area (Å²) in [6.07, 6.45) is 1.68. The van der Waals surface area contributed by atoms with E-state index in [4.69, 9.17) is 0 Å². The van der Waals surface area contributed by atoms with Gasteiger partial charge in [0.15, 0.2) is 0 Å². The predicted molar refractivity (Wildman–Crippen MR) is 61.2 cm³/mol. The maximum absolute atomic E-state index is 9.59. The lowest BCUT2D eigenvalue weighted by Crippen LogP contribution is -2.14. The van der Waals surface area contributed by atoms with Gasteiger partial charge in [0, 0.05) is 14.7 Å². The molecule has 1 unspecified atom stereocenters. The van der Waals surface area contributed by atoms with Gasteiger partial charge >= 0.3 is 0 Å². The van der Waals surface area contributed by atoms with Crippen LogP contribution in [-0.4, -0.2) is 11.2 Å². The summed E-state index contributed by atoms with van der Waals surface area (Å²) in [6, 6.07) is 2.12. The topological polar surface area (TPSA) is 20.2 Å². The second-order valence-electron chi connectivity index (χ2n) is 3.58. The van der Waals surface area contributed by atoms with Crippen molar-refractivity contribution in [2.24, 2.45) is 5.92 Å². The Morgan fingerprint density at radius 3 is 2.69 bits per heavy atom. The highest BCUT2D eigenvalue weighted by Crippen LogP contribution is 2.22. The maximum Gasteiger partial charge on any atom is 0.0566 e. The van der Waals surface area contributed by atoms with Gasteiger partial charge in [-0.1, -0.05) is 13.8 Å². The number of hydrogen-bond acceptors (Lipinski definition) is 2. The Bertz CT molecular complexity index is 257. The molecule has 1 nitrogen and oxygen atoms in total. The highest BCUT2D eigenvalue weighted by Gasteiger charge is 2.09. The minimum atomic E-state index is -0.166. The second-order valence-corrected chi connectivity index (χ2v) is 5.49. The third-order valence-electron chi connectivity index (χ3n) is 2.08. The molecule has 3 heteroatoms. The zero-order valence-corrected chi connectivity index (χ0v) is 10.4. The first-order valence-corrected chi connectivity index (χ1v) is 6.18. The first-order chi connectivity index (χ1) is 6.09. The smallest absolute Gasteiger partial charge is 0.0566 e. The molecule has 0 aliphatic rings. The van der Waals surface area contributed by atoms with Gasteiger partial charge in [-0.3, -0.25) is 0 Å². The highest BCUT2D eigenvalue weighted by atomic mass is 79.9. The van der Waals surface area contributed by atoms with Crippen LogP contribution in [0.15, 0.2) is 15.9 Å². The third kappa shape index (κ3) is 3.79. The number of aliphatic hydroxyl groups is 1. The number of thiophene rings is 1. The van der Waals surface area contributed by atoms with Gasteiger partial charge in [-0.25, -0.2) is 0 Å². The number of rotatable bonds is 4. The van der Waals surface area contributed by atoms with Crippen LogP contribution < -0.4 is 0 Å². The summed E-state index contributed by atoms with van der Waals surface area (Å²) in [5.41, 5.74) is 0. The van der Waals surface area contributed by atoms with Crippen LogP contribution in [0.25, 0.3) is 0 Å². The van der Waals surface area contributed by atoms with Crippen LogP contribution in [0.4, 0.5) is 0 Å². The largest absolute Gasteiger partial charge is 0.393 e. The molecule has 0 spiro atoms. The van der Waals surface area contributed by atoms with Gasteiger partial charge < -0.3 is 5.11 Å². The van der Waals surface area contributed by atoms with Gasteiger partial charge in [-0.15, -0.1) is 11.3 Å². The molecule has 1 aromatic heterocycles. The van der Waals surface area contributed by atoms with Gasteiger partial charge in [0.1, 0.15) is 0 Å². The average molecular weight is 263 g/mol. The van der Waals surface area contributed by atoms with E-state index in [0.29, 0.717) is 5.92 Å². The first-order valence-electron chi connectivity index (χ1n) is 4.50. The number of aliphatic hydroxyl groups excluding tert-OH is 1. The summed E-state index contributed by atoms with van der Waals surface area (Å²) in [5, 5.41) is 11.7. The summed E-state index contributed by atoms with van der Waals surface area (Å²) in [7, 11) is 0. The zero-order chi connectivity index (χ0) is 9.84. The molecule has 0 radical (unpaired) electrons. The Morgan fingerprint density at radius 1 is 1.54 bits per heavy atom. The number of halogens is 1. The normalized spacial score (nSPS) is 13.6. The van der Waals surface area contributed by atoms with Crippen molar-refractivity contribution >= 4 is 27.3 Å². The molecule has 74 valence electrons. The summed E-state index contributed by atoms with van der Waals surface area (Å²) in [4.78, 5) is 1.34. The van der Waals surface area contributed by atoms with E-state index >= 15 is 0 Å². The molecule has 0 saturated carbocycles. The summed E-state index contributed by atoms with van der Waals surface area (Å²) in [6.45, 7) is 4.10. The lowest BCUT2D eigenvalue weighted by atomic mass is 10.0. The summed E-state index contributed by atoms with van der Waals surface area (Å²) < 4.78 is 1.14. The molecule has 0 amide bonds. The molecular formula is C10H15BrOS. The Labute approximate surface area is 91.9 Å². The van der Waals surface area contributed by atoms with E-state index in [1.165, 1.54) is 4.88 Å². The predicted octanol–water partition coefficient (Wildman–Crippen LogP) is 3.46. The fraction of sp³-hybridized carbons (Fsp3) is 0.600. The Hall–Kier alpha value is 0.140. The van der Waals surface area contributed by atoms with Crippen LogP contribution >= 0.6 is 27.3 Å². The molecule has 0 fully saturated rings. The Morgan fingerprint density at radius 2 is 2.23 bits per heavy atom. The van der Waals surface area contributed by atoms with Crippen LogP contribution in [0.2, 0.25) is 0 Å². The van der Waals surface area contributed by atoms with Gasteiger partial charge in [-0.2, -0.15) is 0 Å². The van der Waals surface area contributed by atoms with E-state index in [1.807, 2.05) is 0 Å². The van der Waals surface area contributed by atoms with Crippen LogP contribution in [0.3, 0.4) is 0 Å². The fourth-order valence-corrected chi connectivity index (χ4v) is 2.58. The molecule has 0 aliphatic heterocycles. The van der Waals surface area contributed by atoms with Crippen LogP contribution in [0.5, 0.6) is 0 Å². The second kappa shape index (κ2) is 5.13. The van der Waals surface area contributed by atoms with Crippen LogP contribution in [0.1, 0.15) is 25.1 Å². The maximum atomic E-state index is 9.59. The van der Waals surface area contributed by atoms with Crippen molar-refractivity contribution in [3.05, 3.63) is 20.8 Å². The highest BCUT2D eigenvalue weighted by molar-refractivity contribution is 9.10. The lowest BCUT2D eigenvalue weighted by Gasteiger charge is -2.12. The lowest BCUT2D eigenvalue weighted by molar-refractivity contribution is 0.117. The van der Waals surface area contributed by atoms with Crippen molar-refractivity contribution in [3.63, 3.8) is 0 Å². The average Bonchev–Trinajstić information content (AvgIpc) is 2.47. The summed E-state index contributed by atoms with van der Waals surface area (Å²) >= 11 is 5.16. The van der Waals surface area contributed by atoms with Gasteiger partial charge in [0.25, 0.3) is 0 Å².